The Morgan fingerprint density at radius 3 is 3.05 bits per heavy atom. The third-order valence-corrected chi connectivity index (χ3v) is 3.86. The first kappa shape index (κ1) is 14.1. The molecule has 2 rings (SSSR count). The maximum atomic E-state index is 12.0. The molecule has 1 aliphatic heterocycles. The van der Waals surface area contributed by atoms with E-state index in [4.69, 9.17) is 0 Å². The van der Waals surface area contributed by atoms with Gasteiger partial charge in [-0.15, -0.1) is 0 Å². The molecule has 0 aromatic carbocycles. The van der Waals surface area contributed by atoms with Crippen LogP contribution >= 0.6 is 0 Å². The van der Waals surface area contributed by atoms with Crippen LogP contribution in [0.25, 0.3) is 0 Å². The number of hydrogen-bond donors (Lipinski definition) is 1. The molecule has 2 heterocycles. The molecule has 5 nitrogen and oxygen atoms in total. The number of amides is 1. The molecule has 0 bridgehead atoms. The zero-order valence-electron chi connectivity index (χ0n) is 12.1. The topological polar surface area (TPSA) is 50.2 Å². The van der Waals surface area contributed by atoms with Gasteiger partial charge in [-0.05, 0) is 32.2 Å². The molecule has 1 saturated heterocycles. The summed E-state index contributed by atoms with van der Waals surface area (Å²) in [6.07, 6.45) is 6.89. The Labute approximate surface area is 115 Å². The van der Waals surface area contributed by atoms with Gasteiger partial charge in [-0.1, -0.05) is 0 Å². The van der Waals surface area contributed by atoms with Gasteiger partial charge in [0.1, 0.15) is 5.82 Å². The highest BCUT2D eigenvalue weighted by atomic mass is 16.2. The van der Waals surface area contributed by atoms with Gasteiger partial charge < -0.3 is 14.8 Å². The molecule has 0 spiro atoms. The Bertz CT molecular complexity index is 427. The van der Waals surface area contributed by atoms with E-state index < -0.39 is 0 Å². The Kier molecular flexibility index (Phi) is 4.58. The summed E-state index contributed by atoms with van der Waals surface area (Å²) in [7, 11) is 3.63. The number of carbonyl (C=O) groups excluding carboxylic acids is 1. The molecule has 0 aliphatic carbocycles. The smallest absolute Gasteiger partial charge is 0.239 e. The van der Waals surface area contributed by atoms with Gasteiger partial charge in [0.25, 0.3) is 0 Å². The molecule has 0 radical (unpaired) electrons. The van der Waals surface area contributed by atoms with Crippen LogP contribution in [-0.2, 0) is 17.8 Å². The second kappa shape index (κ2) is 6.19. The zero-order chi connectivity index (χ0) is 13.8. The SMILES string of the molecule is CCn1ccnc1CC1CCNC(C(=O)N(C)C)C1. The lowest BCUT2D eigenvalue weighted by atomic mass is 9.89. The maximum Gasteiger partial charge on any atom is 0.239 e. The van der Waals surface area contributed by atoms with Crippen LogP contribution in [0, 0.1) is 5.92 Å². The van der Waals surface area contributed by atoms with Crippen molar-refractivity contribution >= 4 is 5.91 Å². The van der Waals surface area contributed by atoms with Gasteiger partial charge in [-0.25, -0.2) is 4.98 Å². The largest absolute Gasteiger partial charge is 0.347 e. The number of piperidine rings is 1. The molecule has 1 aromatic heterocycles. The molecule has 106 valence electrons. The number of nitrogens with zero attached hydrogens (tertiary/aromatic N) is 3. The molecule has 0 saturated carbocycles. The fraction of sp³-hybridized carbons (Fsp3) is 0.714. The average molecular weight is 264 g/mol. The van der Waals surface area contributed by atoms with Crippen LogP contribution in [-0.4, -0.2) is 47.0 Å². The standard InChI is InChI=1S/C14H24N4O/c1-4-18-8-7-16-13(18)10-11-5-6-15-12(9-11)14(19)17(2)3/h7-8,11-12,15H,4-6,9-10H2,1-3H3. The highest BCUT2D eigenvalue weighted by molar-refractivity contribution is 5.81. The second-order valence-electron chi connectivity index (χ2n) is 5.46. The summed E-state index contributed by atoms with van der Waals surface area (Å²) in [5.74, 6) is 1.87. The molecule has 1 aromatic rings. The van der Waals surface area contributed by atoms with Crippen molar-refractivity contribution in [3.05, 3.63) is 18.2 Å². The van der Waals surface area contributed by atoms with Crippen LogP contribution in [0.4, 0.5) is 0 Å². The second-order valence-corrected chi connectivity index (χ2v) is 5.46. The number of aryl methyl sites for hydroxylation is 1. The van der Waals surface area contributed by atoms with Crippen molar-refractivity contribution in [2.75, 3.05) is 20.6 Å². The van der Waals surface area contributed by atoms with Crippen molar-refractivity contribution in [2.45, 2.75) is 38.8 Å². The summed E-state index contributed by atoms with van der Waals surface area (Å²) in [6, 6.07) is -0.0289. The molecule has 1 fully saturated rings. The van der Waals surface area contributed by atoms with Crippen molar-refractivity contribution in [1.29, 1.82) is 0 Å². The number of aromatic nitrogens is 2. The van der Waals surface area contributed by atoms with Gasteiger partial charge in [0.2, 0.25) is 5.91 Å². The van der Waals surface area contributed by atoms with E-state index in [0.29, 0.717) is 5.92 Å². The number of hydrogen-bond acceptors (Lipinski definition) is 3. The van der Waals surface area contributed by atoms with Crippen molar-refractivity contribution < 1.29 is 4.79 Å². The Morgan fingerprint density at radius 1 is 1.58 bits per heavy atom. The highest BCUT2D eigenvalue weighted by Crippen LogP contribution is 2.21. The lowest BCUT2D eigenvalue weighted by Gasteiger charge is -2.31. The molecule has 2 atom stereocenters. The Hall–Kier alpha value is -1.36. The predicted octanol–water partition coefficient (Wildman–Crippen LogP) is 0.902. The van der Waals surface area contributed by atoms with E-state index in [1.54, 1.807) is 4.90 Å². The van der Waals surface area contributed by atoms with Crippen LogP contribution in [0.15, 0.2) is 12.4 Å². The molecular formula is C14H24N4O. The maximum absolute atomic E-state index is 12.0. The van der Waals surface area contributed by atoms with E-state index in [9.17, 15) is 4.79 Å². The van der Waals surface area contributed by atoms with Crippen LogP contribution < -0.4 is 5.32 Å². The van der Waals surface area contributed by atoms with E-state index in [-0.39, 0.29) is 11.9 Å². The molecule has 2 unspecified atom stereocenters. The van der Waals surface area contributed by atoms with Gasteiger partial charge in [0.15, 0.2) is 0 Å². The summed E-state index contributed by atoms with van der Waals surface area (Å²) in [5.41, 5.74) is 0. The summed E-state index contributed by atoms with van der Waals surface area (Å²) in [5, 5.41) is 3.32. The minimum absolute atomic E-state index is 0.0289. The van der Waals surface area contributed by atoms with Crippen LogP contribution in [0.3, 0.4) is 0 Å². The number of likely N-dealkylation sites (N-methyl/N-ethyl adjacent to an activating group) is 1. The van der Waals surface area contributed by atoms with E-state index in [1.165, 1.54) is 0 Å². The lowest BCUT2D eigenvalue weighted by molar-refractivity contribution is -0.131. The fourth-order valence-electron chi connectivity index (χ4n) is 2.76. The monoisotopic (exact) mass is 264 g/mol. The molecule has 1 aliphatic rings. The summed E-state index contributed by atoms with van der Waals surface area (Å²) in [6.45, 7) is 4.01. The normalized spacial score (nSPS) is 23.3. The minimum Gasteiger partial charge on any atom is -0.347 e. The number of rotatable bonds is 4. The molecule has 1 N–H and O–H groups in total. The lowest BCUT2D eigenvalue weighted by Crippen LogP contribution is -2.48. The number of carbonyl (C=O) groups is 1. The minimum atomic E-state index is -0.0289. The van der Waals surface area contributed by atoms with Crippen LogP contribution in [0.5, 0.6) is 0 Å². The zero-order valence-corrected chi connectivity index (χ0v) is 12.1. The van der Waals surface area contributed by atoms with E-state index in [2.05, 4.69) is 21.8 Å². The van der Waals surface area contributed by atoms with E-state index >= 15 is 0 Å². The van der Waals surface area contributed by atoms with Gasteiger partial charge >= 0.3 is 0 Å². The molecule has 1 amide bonds. The molecule has 5 heteroatoms. The molecular weight excluding hydrogens is 240 g/mol. The average Bonchev–Trinajstić information content (AvgIpc) is 2.85. The fourth-order valence-corrected chi connectivity index (χ4v) is 2.76. The van der Waals surface area contributed by atoms with E-state index in [1.807, 2.05) is 26.5 Å². The van der Waals surface area contributed by atoms with Crippen molar-refractivity contribution in [1.82, 2.24) is 19.8 Å². The Morgan fingerprint density at radius 2 is 2.37 bits per heavy atom. The third kappa shape index (κ3) is 3.35. The predicted molar refractivity (Wildman–Crippen MR) is 74.8 cm³/mol. The van der Waals surface area contributed by atoms with Crippen LogP contribution in [0.2, 0.25) is 0 Å². The summed E-state index contributed by atoms with van der Waals surface area (Å²) in [4.78, 5) is 18.1. The quantitative estimate of drug-likeness (QED) is 0.879. The van der Waals surface area contributed by atoms with Gasteiger partial charge in [0.05, 0.1) is 6.04 Å². The summed E-state index contributed by atoms with van der Waals surface area (Å²) >= 11 is 0. The van der Waals surface area contributed by atoms with Gasteiger partial charge in [-0.3, -0.25) is 4.79 Å². The first-order valence-corrected chi connectivity index (χ1v) is 7.06. The Balaban J connectivity index is 1.96. The van der Waals surface area contributed by atoms with Gasteiger partial charge in [0, 0.05) is 39.5 Å². The summed E-state index contributed by atoms with van der Waals surface area (Å²) < 4.78 is 2.19. The van der Waals surface area contributed by atoms with Crippen molar-refractivity contribution in [3.63, 3.8) is 0 Å². The van der Waals surface area contributed by atoms with Gasteiger partial charge in [-0.2, -0.15) is 0 Å². The number of imidazole rings is 1. The first-order valence-electron chi connectivity index (χ1n) is 7.06. The third-order valence-electron chi connectivity index (χ3n) is 3.86. The van der Waals surface area contributed by atoms with E-state index in [0.717, 1.165) is 38.2 Å². The first-order chi connectivity index (χ1) is 9.11. The van der Waals surface area contributed by atoms with Crippen LogP contribution in [0.1, 0.15) is 25.6 Å². The molecule has 19 heavy (non-hydrogen) atoms. The van der Waals surface area contributed by atoms with Crippen molar-refractivity contribution in [2.24, 2.45) is 5.92 Å². The number of nitrogens with one attached hydrogen (secondary N) is 1. The van der Waals surface area contributed by atoms with Crippen molar-refractivity contribution in [3.8, 4) is 0 Å². The highest BCUT2D eigenvalue weighted by Gasteiger charge is 2.28.